The van der Waals surface area contributed by atoms with Gasteiger partial charge in [0.1, 0.15) is 0 Å². The molecule has 1 saturated carbocycles. The quantitative estimate of drug-likeness (QED) is 0.797. The number of carbonyl (C=O) groups excluding carboxylic acids is 2. The Hall–Kier alpha value is -2.69. The third-order valence-corrected chi connectivity index (χ3v) is 6.96. The van der Waals surface area contributed by atoms with Gasteiger partial charge in [-0.2, -0.15) is 0 Å². The first-order valence-electron chi connectivity index (χ1n) is 11.4. The molecule has 1 spiro atoms. The number of pyridine rings is 1. The standard InChI is InChI=1S/C26H33N3O2/c1-25(2,3)20-9-7-19(8-10-20)24(31)29-16-12-26(13-17-29)18-22(26)23(30)28-15-11-21-6-4-5-14-27-21/h4-10,14,22H,11-13,15-18H2,1-3H3,(H,28,30). The van der Waals surface area contributed by atoms with Gasteiger partial charge in [-0.1, -0.05) is 39.0 Å². The van der Waals surface area contributed by atoms with Gasteiger partial charge in [-0.15, -0.1) is 0 Å². The summed E-state index contributed by atoms with van der Waals surface area (Å²) >= 11 is 0. The van der Waals surface area contributed by atoms with Crippen LogP contribution in [0.5, 0.6) is 0 Å². The van der Waals surface area contributed by atoms with E-state index in [9.17, 15) is 9.59 Å². The van der Waals surface area contributed by atoms with Crippen LogP contribution in [0.4, 0.5) is 0 Å². The summed E-state index contributed by atoms with van der Waals surface area (Å²) in [6, 6.07) is 13.9. The zero-order valence-corrected chi connectivity index (χ0v) is 18.9. The monoisotopic (exact) mass is 419 g/mol. The zero-order valence-electron chi connectivity index (χ0n) is 18.9. The van der Waals surface area contributed by atoms with Crippen molar-refractivity contribution in [3.05, 3.63) is 65.5 Å². The minimum Gasteiger partial charge on any atom is -0.355 e. The van der Waals surface area contributed by atoms with E-state index in [0.717, 1.165) is 50.0 Å². The molecule has 31 heavy (non-hydrogen) atoms. The van der Waals surface area contributed by atoms with Crippen LogP contribution in [0.2, 0.25) is 0 Å². The van der Waals surface area contributed by atoms with Gasteiger partial charge in [-0.05, 0) is 59.9 Å². The van der Waals surface area contributed by atoms with Gasteiger partial charge in [0.25, 0.3) is 5.91 Å². The molecule has 164 valence electrons. The molecular formula is C26H33N3O2. The van der Waals surface area contributed by atoms with E-state index in [-0.39, 0.29) is 28.6 Å². The number of hydrogen-bond acceptors (Lipinski definition) is 3. The summed E-state index contributed by atoms with van der Waals surface area (Å²) in [6.45, 7) is 8.62. The first-order chi connectivity index (χ1) is 14.8. The highest BCUT2D eigenvalue weighted by atomic mass is 16.2. The number of amides is 2. The maximum Gasteiger partial charge on any atom is 0.253 e. The number of rotatable bonds is 5. The Kier molecular flexibility index (Phi) is 5.87. The van der Waals surface area contributed by atoms with Gasteiger partial charge in [-0.3, -0.25) is 14.6 Å². The fraction of sp³-hybridized carbons (Fsp3) is 0.500. The number of hydrogen-bond donors (Lipinski definition) is 1. The number of aromatic nitrogens is 1. The van der Waals surface area contributed by atoms with E-state index in [2.05, 4.69) is 43.2 Å². The molecule has 1 aliphatic heterocycles. The topological polar surface area (TPSA) is 62.3 Å². The largest absolute Gasteiger partial charge is 0.355 e. The Balaban J connectivity index is 1.25. The highest BCUT2D eigenvalue weighted by Gasteiger charge is 2.58. The van der Waals surface area contributed by atoms with E-state index in [1.807, 2.05) is 35.2 Å². The molecule has 2 aromatic rings. The second-order valence-corrected chi connectivity index (χ2v) is 10.1. The first-order valence-corrected chi connectivity index (χ1v) is 11.4. The Morgan fingerprint density at radius 3 is 2.42 bits per heavy atom. The molecule has 1 aliphatic carbocycles. The predicted octanol–water partition coefficient (Wildman–Crippen LogP) is 3.98. The van der Waals surface area contributed by atoms with Gasteiger partial charge in [-0.25, -0.2) is 0 Å². The summed E-state index contributed by atoms with van der Waals surface area (Å²) in [5, 5.41) is 3.08. The minimum absolute atomic E-state index is 0.0816. The molecule has 5 heteroatoms. The lowest BCUT2D eigenvalue weighted by atomic mass is 9.86. The summed E-state index contributed by atoms with van der Waals surface area (Å²) in [4.78, 5) is 31.8. The third-order valence-electron chi connectivity index (χ3n) is 6.96. The van der Waals surface area contributed by atoms with Crippen molar-refractivity contribution in [3.63, 3.8) is 0 Å². The van der Waals surface area contributed by atoms with Crippen LogP contribution in [0.25, 0.3) is 0 Å². The Bertz CT molecular complexity index is 923. The Morgan fingerprint density at radius 2 is 1.81 bits per heavy atom. The average Bonchev–Trinajstić information content (AvgIpc) is 3.47. The van der Waals surface area contributed by atoms with E-state index in [4.69, 9.17) is 0 Å². The van der Waals surface area contributed by atoms with Crippen molar-refractivity contribution in [1.29, 1.82) is 0 Å². The molecule has 0 bridgehead atoms. The number of nitrogens with zero attached hydrogens (tertiary/aromatic N) is 2. The van der Waals surface area contributed by atoms with E-state index in [1.54, 1.807) is 6.20 Å². The second kappa shape index (κ2) is 8.45. The van der Waals surface area contributed by atoms with E-state index < -0.39 is 0 Å². The minimum atomic E-state index is 0.0816. The highest BCUT2D eigenvalue weighted by Crippen LogP contribution is 2.59. The third kappa shape index (κ3) is 4.81. The van der Waals surface area contributed by atoms with E-state index >= 15 is 0 Å². The van der Waals surface area contributed by atoms with Crippen LogP contribution in [0.3, 0.4) is 0 Å². The SMILES string of the molecule is CC(C)(C)c1ccc(C(=O)N2CCC3(CC2)CC3C(=O)NCCc2ccccn2)cc1. The molecule has 1 unspecified atom stereocenters. The summed E-state index contributed by atoms with van der Waals surface area (Å²) < 4.78 is 0. The molecule has 2 heterocycles. The van der Waals surface area contributed by atoms with E-state index in [0.29, 0.717) is 6.54 Å². The normalized spacial score (nSPS) is 19.8. The van der Waals surface area contributed by atoms with Crippen molar-refractivity contribution >= 4 is 11.8 Å². The number of benzene rings is 1. The molecule has 0 radical (unpaired) electrons. The average molecular weight is 420 g/mol. The van der Waals surface area contributed by atoms with Gasteiger partial charge in [0.05, 0.1) is 0 Å². The molecular weight excluding hydrogens is 386 g/mol. The van der Waals surface area contributed by atoms with Crippen LogP contribution in [0.1, 0.15) is 61.6 Å². The van der Waals surface area contributed by atoms with Crippen molar-refractivity contribution < 1.29 is 9.59 Å². The molecule has 2 amide bonds. The highest BCUT2D eigenvalue weighted by molar-refractivity contribution is 5.94. The number of nitrogens with one attached hydrogen (secondary N) is 1. The van der Waals surface area contributed by atoms with Crippen molar-refractivity contribution in [2.24, 2.45) is 11.3 Å². The van der Waals surface area contributed by atoms with Gasteiger partial charge < -0.3 is 10.2 Å². The summed E-state index contributed by atoms with van der Waals surface area (Å²) in [5.74, 6) is 0.361. The summed E-state index contributed by atoms with van der Waals surface area (Å²) in [5.41, 5.74) is 3.16. The van der Waals surface area contributed by atoms with Gasteiger partial charge in [0.15, 0.2) is 0 Å². The molecule has 1 aromatic heterocycles. The molecule has 2 fully saturated rings. The Labute approximate surface area is 185 Å². The van der Waals surface area contributed by atoms with Crippen molar-refractivity contribution in [3.8, 4) is 0 Å². The van der Waals surface area contributed by atoms with Crippen LogP contribution in [-0.2, 0) is 16.6 Å². The fourth-order valence-corrected chi connectivity index (χ4v) is 4.70. The molecule has 1 aromatic carbocycles. The van der Waals surface area contributed by atoms with Gasteiger partial charge >= 0.3 is 0 Å². The number of piperidine rings is 1. The summed E-state index contributed by atoms with van der Waals surface area (Å²) in [7, 11) is 0. The van der Waals surface area contributed by atoms with Gasteiger partial charge in [0.2, 0.25) is 5.91 Å². The predicted molar refractivity (Wildman–Crippen MR) is 122 cm³/mol. The lowest BCUT2D eigenvalue weighted by molar-refractivity contribution is -0.123. The van der Waals surface area contributed by atoms with Crippen LogP contribution < -0.4 is 5.32 Å². The van der Waals surface area contributed by atoms with Gasteiger partial charge in [0, 0.05) is 49.4 Å². The van der Waals surface area contributed by atoms with Crippen LogP contribution >= 0.6 is 0 Å². The van der Waals surface area contributed by atoms with Crippen LogP contribution in [0, 0.1) is 11.3 Å². The van der Waals surface area contributed by atoms with Crippen molar-refractivity contribution in [2.75, 3.05) is 19.6 Å². The number of carbonyl (C=O) groups is 2. The molecule has 4 rings (SSSR count). The lowest BCUT2D eigenvalue weighted by Gasteiger charge is -2.33. The van der Waals surface area contributed by atoms with Crippen molar-refractivity contribution in [1.82, 2.24) is 15.2 Å². The Morgan fingerprint density at radius 1 is 1.10 bits per heavy atom. The fourth-order valence-electron chi connectivity index (χ4n) is 4.70. The smallest absolute Gasteiger partial charge is 0.253 e. The zero-order chi connectivity index (χ0) is 22.1. The molecule has 2 aliphatic rings. The van der Waals surface area contributed by atoms with Crippen LogP contribution in [0.15, 0.2) is 48.7 Å². The second-order valence-electron chi connectivity index (χ2n) is 10.1. The van der Waals surface area contributed by atoms with Crippen molar-refractivity contribution in [2.45, 2.75) is 51.9 Å². The lowest BCUT2D eigenvalue weighted by Crippen LogP contribution is -2.40. The summed E-state index contributed by atoms with van der Waals surface area (Å²) in [6.07, 6.45) is 5.31. The van der Waals surface area contributed by atoms with Crippen LogP contribution in [-0.4, -0.2) is 41.3 Å². The van der Waals surface area contributed by atoms with E-state index in [1.165, 1.54) is 5.56 Å². The molecule has 1 atom stereocenters. The maximum atomic E-state index is 12.9. The first kappa shape index (κ1) is 21.5. The molecule has 1 saturated heterocycles. The molecule has 1 N–H and O–H groups in total. The maximum absolute atomic E-state index is 12.9. The molecule has 5 nitrogen and oxygen atoms in total. The number of likely N-dealkylation sites (tertiary alicyclic amines) is 1.